The van der Waals surface area contributed by atoms with Crippen molar-refractivity contribution in [2.45, 2.75) is 31.8 Å². The molecule has 0 aliphatic heterocycles. The van der Waals surface area contributed by atoms with Crippen LogP contribution in [0.15, 0.2) is 11.2 Å². The standard InChI is InChI=1S/C12H21N3OS/c1-9(2)6-5-7-16-11-8-10(13-3)14-12(15-11)17-4/h8-9H,5-7H2,1-4H3,(H,13,14,15). The van der Waals surface area contributed by atoms with Gasteiger partial charge in [0.25, 0.3) is 0 Å². The predicted octanol–water partition coefficient (Wildman–Crippen LogP) is 3.06. The molecule has 0 spiro atoms. The second-order valence-corrected chi connectivity index (χ2v) is 4.99. The van der Waals surface area contributed by atoms with Crippen LogP contribution in [0.4, 0.5) is 5.82 Å². The number of thioether (sulfide) groups is 1. The van der Waals surface area contributed by atoms with Crippen molar-refractivity contribution in [3.05, 3.63) is 6.07 Å². The van der Waals surface area contributed by atoms with E-state index in [4.69, 9.17) is 4.74 Å². The maximum absolute atomic E-state index is 5.64. The summed E-state index contributed by atoms with van der Waals surface area (Å²) < 4.78 is 5.64. The summed E-state index contributed by atoms with van der Waals surface area (Å²) in [7, 11) is 1.84. The van der Waals surface area contributed by atoms with Gasteiger partial charge in [-0.25, -0.2) is 4.98 Å². The number of aromatic nitrogens is 2. The first-order valence-corrected chi connectivity index (χ1v) is 7.11. The molecule has 0 radical (unpaired) electrons. The molecule has 17 heavy (non-hydrogen) atoms. The zero-order valence-corrected chi connectivity index (χ0v) is 11.8. The fourth-order valence-corrected chi connectivity index (χ4v) is 1.74. The third-order valence-electron chi connectivity index (χ3n) is 2.30. The first-order chi connectivity index (χ1) is 8.15. The molecule has 4 nitrogen and oxygen atoms in total. The largest absolute Gasteiger partial charge is 0.478 e. The van der Waals surface area contributed by atoms with Gasteiger partial charge in [0.05, 0.1) is 6.61 Å². The number of nitrogens with one attached hydrogen (secondary N) is 1. The third-order valence-corrected chi connectivity index (χ3v) is 2.84. The van der Waals surface area contributed by atoms with E-state index >= 15 is 0 Å². The lowest BCUT2D eigenvalue weighted by atomic mass is 10.1. The minimum atomic E-state index is 0.650. The number of hydrogen-bond donors (Lipinski definition) is 1. The second kappa shape index (κ2) is 7.37. The Bertz CT molecular complexity index is 322. The molecule has 1 aromatic rings. The molecule has 0 saturated heterocycles. The van der Waals surface area contributed by atoms with Crippen LogP contribution in [0.3, 0.4) is 0 Å². The van der Waals surface area contributed by atoms with Gasteiger partial charge in [-0.1, -0.05) is 25.6 Å². The van der Waals surface area contributed by atoms with Crippen LogP contribution < -0.4 is 10.1 Å². The fourth-order valence-electron chi connectivity index (χ4n) is 1.37. The van der Waals surface area contributed by atoms with Gasteiger partial charge in [0, 0.05) is 13.1 Å². The van der Waals surface area contributed by atoms with Gasteiger partial charge in [-0.05, 0) is 25.0 Å². The van der Waals surface area contributed by atoms with Gasteiger partial charge >= 0.3 is 0 Å². The third kappa shape index (κ3) is 5.26. The monoisotopic (exact) mass is 255 g/mol. The van der Waals surface area contributed by atoms with Crippen LogP contribution in [0.2, 0.25) is 0 Å². The van der Waals surface area contributed by atoms with E-state index in [0.29, 0.717) is 12.5 Å². The van der Waals surface area contributed by atoms with Crippen LogP contribution in [0.5, 0.6) is 5.88 Å². The van der Waals surface area contributed by atoms with Gasteiger partial charge in [0.1, 0.15) is 5.82 Å². The predicted molar refractivity (Wildman–Crippen MR) is 72.9 cm³/mol. The Hall–Kier alpha value is -0.970. The van der Waals surface area contributed by atoms with Crippen molar-refractivity contribution in [3.8, 4) is 5.88 Å². The lowest BCUT2D eigenvalue weighted by Crippen LogP contribution is -2.03. The topological polar surface area (TPSA) is 47.0 Å². The van der Waals surface area contributed by atoms with Crippen LogP contribution in [-0.2, 0) is 0 Å². The van der Waals surface area contributed by atoms with E-state index in [1.54, 1.807) is 0 Å². The molecule has 0 saturated carbocycles. The highest BCUT2D eigenvalue weighted by Gasteiger charge is 2.04. The van der Waals surface area contributed by atoms with Crippen molar-refractivity contribution in [2.75, 3.05) is 25.2 Å². The van der Waals surface area contributed by atoms with E-state index in [-0.39, 0.29) is 0 Å². The van der Waals surface area contributed by atoms with E-state index in [2.05, 4.69) is 29.1 Å². The minimum Gasteiger partial charge on any atom is -0.478 e. The Morgan fingerprint density at radius 2 is 2.18 bits per heavy atom. The molecule has 1 N–H and O–H groups in total. The summed E-state index contributed by atoms with van der Waals surface area (Å²) in [6.07, 6.45) is 4.20. The van der Waals surface area contributed by atoms with Gasteiger partial charge in [-0.15, -0.1) is 0 Å². The average Bonchev–Trinajstić information content (AvgIpc) is 2.34. The molecule has 96 valence electrons. The first kappa shape index (κ1) is 14.1. The minimum absolute atomic E-state index is 0.650. The summed E-state index contributed by atoms with van der Waals surface area (Å²) >= 11 is 1.51. The van der Waals surface area contributed by atoms with Crippen molar-refractivity contribution >= 4 is 17.6 Å². The van der Waals surface area contributed by atoms with Crippen LogP contribution in [0.25, 0.3) is 0 Å². The summed E-state index contributed by atoms with van der Waals surface area (Å²) in [6, 6.07) is 1.83. The molecule has 1 aromatic heterocycles. The van der Waals surface area contributed by atoms with Crippen molar-refractivity contribution < 1.29 is 4.74 Å². The van der Waals surface area contributed by atoms with Crippen molar-refractivity contribution in [3.63, 3.8) is 0 Å². The Labute approximate surface area is 108 Å². The number of ether oxygens (including phenoxy) is 1. The summed E-state index contributed by atoms with van der Waals surface area (Å²) in [6.45, 7) is 5.15. The maximum Gasteiger partial charge on any atom is 0.219 e. The molecule has 0 aliphatic carbocycles. The van der Waals surface area contributed by atoms with E-state index < -0.39 is 0 Å². The molecule has 0 fully saturated rings. The summed E-state index contributed by atoms with van der Waals surface area (Å²) in [5.41, 5.74) is 0. The van der Waals surface area contributed by atoms with E-state index in [1.165, 1.54) is 18.2 Å². The zero-order valence-electron chi connectivity index (χ0n) is 11.0. The Morgan fingerprint density at radius 3 is 2.76 bits per heavy atom. The molecule has 0 amide bonds. The lowest BCUT2D eigenvalue weighted by Gasteiger charge is -2.09. The smallest absolute Gasteiger partial charge is 0.219 e. The van der Waals surface area contributed by atoms with Gasteiger partial charge in [-0.3, -0.25) is 0 Å². The SMILES string of the molecule is CNc1cc(OCCCC(C)C)nc(SC)n1. The van der Waals surface area contributed by atoms with Gasteiger partial charge < -0.3 is 10.1 Å². The normalized spacial score (nSPS) is 10.6. The van der Waals surface area contributed by atoms with E-state index in [9.17, 15) is 0 Å². The van der Waals surface area contributed by atoms with Crippen LogP contribution in [0.1, 0.15) is 26.7 Å². The molecule has 0 unspecified atom stereocenters. The van der Waals surface area contributed by atoms with Crippen LogP contribution in [0, 0.1) is 5.92 Å². The number of nitrogens with zero attached hydrogens (tertiary/aromatic N) is 2. The summed E-state index contributed by atoms with van der Waals surface area (Å²) in [4.78, 5) is 8.59. The second-order valence-electron chi connectivity index (χ2n) is 4.21. The quantitative estimate of drug-likeness (QED) is 0.461. The number of hydrogen-bond acceptors (Lipinski definition) is 5. The number of rotatable bonds is 7. The van der Waals surface area contributed by atoms with Gasteiger partial charge in [0.15, 0.2) is 5.16 Å². The van der Waals surface area contributed by atoms with Gasteiger partial charge in [-0.2, -0.15) is 4.98 Å². The summed E-state index contributed by atoms with van der Waals surface area (Å²) in [5, 5.41) is 3.74. The lowest BCUT2D eigenvalue weighted by molar-refractivity contribution is 0.284. The highest BCUT2D eigenvalue weighted by Crippen LogP contribution is 2.18. The molecular formula is C12H21N3OS. The molecule has 0 bridgehead atoms. The Balaban J connectivity index is 2.51. The van der Waals surface area contributed by atoms with E-state index in [0.717, 1.165) is 23.3 Å². The van der Waals surface area contributed by atoms with Crippen LogP contribution in [-0.4, -0.2) is 29.9 Å². The van der Waals surface area contributed by atoms with Crippen molar-refractivity contribution in [1.82, 2.24) is 9.97 Å². The maximum atomic E-state index is 5.64. The molecule has 1 rings (SSSR count). The van der Waals surface area contributed by atoms with Gasteiger partial charge in [0.2, 0.25) is 5.88 Å². The van der Waals surface area contributed by atoms with E-state index in [1.807, 2.05) is 19.4 Å². The molecule has 5 heteroatoms. The Morgan fingerprint density at radius 1 is 1.41 bits per heavy atom. The van der Waals surface area contributed by atoms with Crippen LogP contribution >= 0.6 is 11.8 Å². The fraction of sp³-hybridized carbons (Fsp3) is 0.667. The Kier molecular flexibility index (Phi) is 6.11. The molecule has 0 aliphatic rings. The highest BCUT2D eigenvalue weighted by atomic mass is 32.2. The molecule has 0 atom stereocenters. The zero-order chi connectivity index (χ0) is 12.7. The van der Waals surface area contributed by atoms with Crippen molar-refractivity contribution in [2.24, 2.45) is 5.92 Å². The summed E-state index contributed by atoms with van der Waals surface area (Å²) in [5.74, 6) is 2.17. The van der Waals surface area contributed by atoms with Crippen molar-refractivity contribution in [1.29, 1.82) is 0 Å². The highest BCUT2D eigenvalue weighted by molar-refractivity contribution is 7.98. The molecular weight excluding hydrogens is 234 g/mol. The molecule has 0 aromatic carbocycles. The number of anilines is 1. The first-order valence-electron chi connectivity index (χ1n) is 5.89. The average molecular weight is 255 g/mol. The molecule has 1 heterocycles.